The van der Waals surface area contributed by atoms with Gasteiger partial charge in [-0.1, -0.05) is 49.4 Å². The van der Waals surface area contributed by atoms with Crippen molar-refractivity contribution in [3.8, 4) is 0 Å². The molecule has 1 fully saturated rings. The van der Waals surface area contributed by atoms with Crippen LogP contribution in [0.15, 0.2) is 53.8 Å². The average Bonchev–Trinajstić information content (AvgIpc) is 3.30. The van der Waals surface area contributed by atoms with Crippen molar-refractivity contribution in [1.29, 1.82) is 0 Å². The van der Waals surface area contributed by atoms with Gasteiger partial charge >= 0.3 is 0 Å². The Morgan fingerprint density at radius 3 is 2.88 bits per heavy atom. The first-order valence-corrected chi connectivity index (χ1v) is 11.8. The summed E-state index contributed by atoms with van der Waals surface area (Å²) >= 11 is 0. The van der Waals surface area contributed by atoms with Crippen molar-refractivity contribution in [2.45, 2.75) is 58.2 Å². The summed E-state index contributed by atoms with van der Waals surface area (Å²) in [6.07, 6.45) is 6.32. The standard InChI is InChI=1S/C25H34N6O.HI/c1-3-24-30-28-18-31(24)15-14-26-25(27-17-21-11-6-7-16-32-21)29-19(2)22-13-8-10-20-9-4-5-12-23(20)22;/h4-5,8-10,12-13,18-19,21H,3,6-7,11,14-17H2,1-2H3,(H2,26,27,29);1H. The van der Waals surface area contributed by atoms with E-state index in [2.05, 4.69) is 81.7 Å². The van der Waals surface area contributed by atoms with Gasteiger partial charge < -0.3 is 19.9 Å². The number of nitrogens with one attached hydrogen (secondary N) is 2. The number of rotatable bonds is 8. The van der Waals surface area contributed by atoms with Gasteiger partial charge in [-0.2, -0.15) is 0 Å². The van der Waals surface area contributed by atoms with Gasteiger partial charge in [0.2, 0.25) is 0 Å². The number of hydrogen-bond donors (Lipinski definition) is 2. The molecule has 1 aromatic heterocycles. The van der Waals surface area contributed by atoms with E-state index in [4.69, 9.17) is 9.73 Å². The summed E-state index contributed by atoms with van der Waals surface area (Å²) in [5, 5.41) is 17.8. The molecule has 3 aromatic rings. The van der Waals surface area contributed by atoms with E-state index in [1.165, 1.54) is 22.8 Å². The van der Waals surface area contributed by atoms with E-state index in [-0.39, 0.29) is 36.1 Å². The third-order valence-corrected chi connectivity index (χ3v) is 6.03. The van der Waals surface area contributed by atoms with Crippen molar-refractivity contribution < 1.29 is 4.74 Å². The van der Waals surface area contributed by atoms with Gasteiger partial charge in [0.15, 0.2) is 5.96 Å². The molecule has 2 N–H and O–H groups in total. The second kappa shape index (κ2) is 12.9. The van der Waals surface area contributed by atoms with Crippen molar-refractivity contribution in [2.75, 3.05) is 19.7 Å². The Hall–Kier alpha value is -2.20. The number of benzene rings is 2. The van der Waals surface area contributed by atoms with Gasteiger partial charge in [-0.15, -0.1) is 34.2 Å². The normalized spacial score (nSPS) is 17.4. The van der Waals surface area contributed by atoms with Crippen molar-refractivity contribution in [2.24, 2.45) is 4.99 Å². The van der Waals surface area contributed by atoms with Gasteiger partial charge in [0, 0.05) is 26.1 Å². The minimum atomic E-state index is 0. The predicted molar refractivity (Wildman–Crippen MR) is 144 cm³/mol. The van der Waals surface area contributed by atoms with Crippen molar-refractivity contribution >= 4 is 40.7 Å². The zero-order valence-electron chi connectivity index (χ0n) is 19.5. The Morgan fingerprint density at radius 2 is 2.06 bits per heavy atom. The van der Waals surface area contributed by atoms with Crippen LogP contribution in [0.1, 0.15) is 50.5 Å². The fourth-order valence-corrected chi connectivity index (χ4v) is 4.24. The fraction of sp³-hybridized carbons (Fsp3) is 0.480. The monoisotopic (exact) mass is 562 g/mol. The number of hydrogen-bond acceptors (Lipinski definition) is 4. The summed E-state index contributed by atoms with van der Waals surface area (Å²) in [5.41, 5.74) is 1.26. The number of nitrogens with zero attached hydrogens (tertiary/aromatic N) is 4. The molecule has 0 saturated carbocycles. The second-order valence-corrected chi connectivity index (χ2v) is 8.33. The molecule has 0 bridgehead atoms. The molecular formula is C25H35IN6O. The zero-order valence-corrected chi connectivity index (χ0v) is 21.9. The topological polar surface area (TPSA) is 76.4 Å². The van der Waals surface area contributed by atoms with E-state index < -0.39 is 0 Å². The summed E-state index contributed by atoms with van der Waals surface area (Å²) in [6.45, 7) is 7.33. The highest BCUT2D eigenvalue weighted by Gasteiger charge is 2.15. The second-order valence-electron chi connectivity index (χ2n) is 8.33. The van der Waals surface area contributed by atoms with Gasteiger partial charge in [-0.25, -0.2) is 0 Å². The molecule has 0 aliphatic carbocycles. The van der Waals surface area contributed by atoms with Crippen molar-refractivity contribution in [3.05, 3.63) is 60.2 Å². The molecule has 2 atom stereocenters. The van der Waals surface area contributed by atoms with Crippen molar-refractivity contribution in [3.63, 3.8) is 0 Å². The Labute approximate surface area is 213 Å². The zero-order chi connectivity index (χ0) is 22.2. The first kappa shape index (κ1) is 25.4. The fourth-order valence-electron chi connectivity index (χ4n) is 4.24. The highest BCUT2D eigenvalue weighted by atomic mass is 127. The lowest BCUT2D eigenvalue weighted by atomic mass is 10.00. The summed E-state index contributed by atoms with van der Waals surface area (Å²) in [6, 6.07) is 15.1. The number of aliphatic imine (C=N–C) groups is 1. The maximum atomic E-state index is 5.89. The molecule has 4 rings (SSSR count). The third-order valence-electron chi connectivity index (χ3n) is 6.03. The molecule has 0 spiro atoms. The van der Waals surface area contributed by atoms with Gasteiger partial charge in [-0.05, 0) is 42.5 Å². The number of guanidine groups is 1. The van der Waals surface area contributed by atoms with Gasteiger partial charge in [-0.3, -0.25) is 4.99 Å². The van der Waals surface area contributed by atoms with Crippen LogP contribution in [0.5, 0.6) is 0 Å². The largest absolute Gasteiger partial charge is 0.376 e. The van der Waals surface area contributed by atoms with Crippen LogP contribution in [0, 0.1) is 0 Å². The molecule has 2 aromatic carbocycles. The lowest BCUT2D eigenvalue weighted by Crippen LogP contribution is -2.41. The van der Waals surface area contributed by atoms with E-state index in [0.29, 0.717) is 6.54 Å². The molecule has 7 nitrogen and oxygen atoms in total. The quantitative estimate of drug-likeness (QED) is 0.241. The molecule has 178 valence electrons. The van der Waals surface area contributed by atoms with Crippen LogP contribution in [-0.2, 0) is 17.7 Å². The van der Waals surface area contributed by atoms with Gasteiger partial charge in [0.25, 0.3) is 0 Å². The maximum Gasteiger partial charge on any atom is 0.191 e. The molecule has 2 unspecified atom stereocenters. The van der Waals surface area contributed by atoms with Crippen LogP contribution < -0.4 is 10.6 Å². The molecule has 1 aliphatic rings. The molecule has 33 heavy (non-hydrogen) atoms. The summed E-state index contributed by atoms with van der Waals surface area (Å²) < 4.78 is 7.97. The Balaban J connectivity index is 0.00000306. The Kier molecular flexibility index (Phi) is 9.93. The minimum Gasteiger partial charge on any atom is -0.376 e. The first-order chi connectivity index (χ1) is 15.7. The molecule has 0 amide bonds. The highest BCUT2D eigenvalue weighted by molar-refractivity contribution is 14.0. The molecule has 0 radical (unpaired) electrons. The van der Waals surface area contributed by atoms with E-state index in [1.54, 1.807) is 6.33 Å². The SMILES string of the molecule is CCc1nncn1CCNC(=NCC1CCCCO1)NC(C)c1cccc2ccccc12.I. The van der Waals surface area contributed by atoms with E-state index in [1.807, 2.05) is 0 Å². The van der Waals surface area contributed by atoms with Crippen molar-refractivity contribution in [1.82, 2.24) is 25.4 Å². The number of fused-ring (bicyclic) bond motifs is 1. The Morgan fingerprint density at radius 1 is 1.21 bits per heavy atom. The summed E-state index contributed by atoms with van der Waals surface area (Å²) in [4.78, 5) is 4.88. The number of aryl methyl sites for hydroxylation is 1. The molecule has 1 aliphatic heterocycles. The van der Waals surface area contributed by atoms with Crippen LogP contribution in [0.2, 0.25) is 0 Å². The van der Waals surface area contributed by atoms with Gasteiger partial charge in [0.05, 0.1) is 18.7 Å². The van der Waals surface area contributed by atoms with Crippen LogP contribution >= 0.6 is 24.0 Å². The molecule has 1 saturated heterocycles. The minimum absolute atomic E-state index is 0. The maximum absolute atomic E-state index is 5.89. The molecule has 8 heteroatoms. The summed E-state index contributed by atoms with van der Waals surface area (Å²) in [7, 11) is 0. The van der Waals surface area contributed by atoms with Gasteiger partial charge in [0.1, 0.15) is 12.2 Å². The van der Waals surface area contributed by atoms with Crippen LogP contribution in [-0.4, -0.2) is 46.5 Å². The van der Waals surface area contributed by atoms with Crippen LogP contribution in [0.3, 0.4) is 0 Å². The summed E-state index contributed by atoms with van der Waals surface area (Å²) in [5.74, 6) is 1.81. The highest BCUT2D eigenvalue weighted by Crippen LogP contribution is 2.24. The average molecular weight is 563 g/mol. The van der Waals surface area contributed by atoms with E-state index in [9.17, 15) is 0 Å². The lowest BCUT2D eigenvalue weighted by Gasteiger charge is -2.23. The number of halogens is 1. The molecule has 2 heterocycles. The van der Waals surface area contributed by atoms with Crippen LogP contribution in [0.25, 0.3) is 10.8 Å². The van der Waals surface area contributed by atoms with E-state index >= 15 is 0 Å². The number of aromatic nitrogens is 3. The lowest BCUT2D eigenvalue weighted by molar-refractivity contribution is 0.0224. The Bertz CT molecular complexity index is 1030. The predicted octanol–water partition coefficient (Wildman–Crippen LogP) is 4.48. The van der Waals surface area contributed by atoms with Crippen LogP contribution in [0.4, 0.5) is 0 Å². The molecular weight excluding hydrogens is 527 g/mol. The third kappa shape index (κ3) is 6.89. The smallest absolute Gasteiger partial charge is 0.191 e. The first-order valence-electron chi connectivity index (χ1n) is 11.8. The van der Waals surface area contributed by atoms with E-state index in [0.717, 1.165) is 50.7 Å². The number of ether oxygens (including phenoxy) is 1.